The van der Waals surface area contributed by atoms with E-state index in [2.05, 4.69) is 5.10 Å². The molecular weight excluding hydrogens is 258 g/mol. The summed E-state index contributed by atoms with van der Waals surface area (Å²) >= 11 is 5.90. The van der Waals surface area contributed by atoms with Gasteiger partial charge in [0.1, 0.15) is 0 Å². The van der Waals surface area contributed by atoms with Crippen LogP contribution in [0.5, 0.6) is 0 Å². The molecule has 3 rings (SSSR count). The summed E-state index contributed by atoms with van der Waals surface area (Å²) in [5.74, 6) is 0. The maximum atomic E-state index is 5.98. The molecule has 0 aliphatic carbocycles. The molecule has 3 aromatic rings. The molecule has 19 heavy (non-hydrogen) atoms. The van der Waals surface area contributed by atoms with E-state index >= 15 is 0 Å². The standard InChI is InChI=1S/C15H12ClN3/c16-12-6-7-14(15(17)8-12)11-9-18-19(10-11)13-4-2-1-3-5-13/h1-10H,17H2. The van der Waals surface area contributed by atoms with Crippen LogP contribution in [0, 0.1) is 0 Å². The van der Waals surface area contributed by atoms with Crippen LogP contribution in [0.15, 0.2) is 60.9 Å². The molecule has 2 N–H and O–H groups in total. The number of nitrogens with zero attached hydrogens (tertiary/aromatic N) is 2. The van der Waals surface area contributed by atoms with Gasteiger partial charge in [-0.3, -0.25) is 0 Å². The van der Waals surface area contributed by atoms with E-state index in [1.54, 1.807) is 12.3 Å². The predicted molar refractivity (Wildman–Crippen MR) is 78.4 cm³/mol. The number of nitrogens with two attached hydrogens (primary N) is 1. The summed E-state index contributed by atoms with van der Waals surface area (Å²) in [6.45, 7) is 0. The molecule has 3 nitrogen and oxygen atoms in total. The minimum atomic E-state index is 0.636. The molecule has 0 aliphatic rings. The summed E-state index contributed by atoms with van der Waals surface area (Å²) in [7, 11) is 0. The van der Waals surface area contributed by atoms with Gasteiger partial charge in [-0.2, -0.15) is 5.10 Å². The number of rotatable bonds is 2. The number of aromatic nitrogens is 2. The molecule has 0 aliphatic heterocycles. The van der Waals surface area contributed by atoms with E-state index in [9.17, 15) is 0 Å². The van der Waals surface area contributed by atoms with E-state index in [4.69, 9.17) is 17.3 Å². The van der Waals surface area contributed by atoms with E-state index < -0.39 is 0 Å². The van der Waals surface area contributed by atoms with E-state index in [1.807, 2.05) is 53.3 Å². The first kappa shape index (κ1) is 11.8. The van der Waals surface area contributed by atoms with Gasteiger partial charge >= 0.3 is 0 Å². The molecule has 0 unspecified atom stereocenters. The van der Waals surface area contributed by atoms with Crippen molar-refractivity contribution < 1.29 is 0 Å². The maximum Gasteiger partial charge on any atom is 0.0645 e. The van der Waals surface area contributed by atoms with Gasteiger partial charge in [0.2, 0.25) is 0 Å². The van der Waals surface area contributed by atoms with Crippen LogP contribution in [0.25, 0.3) is 16.8 Å². The van der Waals surface area contributed by atoms with Crippen LogP contribution in [0.3, 0.4) is 0 Å². The lowest BCUT2D eigenvalue weighted by Gasteiger charge is -2.03. The summed E-state index contributed by atoms with van der Waals surface area (Å²) in [4.78, 5) is 0. The van der Waals surface area contributed by atoms with Gasteiger partial charge in [-0.15, -0.1) is 0 Å². The van der Waals surface area contributed by atoms with Crippen molar-refractivity contribution in [1.29, 1.82) is 0 Å². The average Bonchev–Trinajstić information content (AvgIpc) is 2.89. The third-order valence-electron chi connectivity index (χ3n) is 2.93. The normalized spacial score (nSPS) is 10.6. The van der Waals surface area contributed by atoms with E-state index in [-0.39, 0.29) is 0 Å². The van der Waals surface area contributed by atoms with Crippen molar-refractivity contribution >= 4 is 17.3 Å². The molecule has 0 atom stereocenters. The first-order valence-electron chi connectivity index (χ1n) is 5.89. The first-order valence-corrected chi connectivity index (χ1v) is 6.27. The lowest BCUT2D eigenvalue weighted by molar-refractivity contribution is 0.881. The molecule has 0 fully saturated rings. The van der Waals surface area contributed by atoms with Gasteiger partial charge in [0, 0.05) is 28.0 Å². The molecular formula is C15H12ClN3. The van der Waals surface area contributed by atoms with Gasteiger partial charge in [-0.25, -0.2) is 4.68 Å². The molecule has 0 saturated carbocycles. The third-order valence-corrected chi connectivity index (χ3v) is 3.16. The smallest absolute Gasteiger partial charge is 0.0645 e. The summed E-state index contributed by atoms with van der Waals surface area (Å²) in [6.07, 6.45) is 3.75. The monoisotopic (exact) mass is 269 g/mol. The van der Waals surface area contributed by atoms with Crippen LogP contribution in [-0.4, -0.2) is 9.78 Å². The van der Waals surface area contributed by atoms with Crippen LogP contribution >= 0.6 is 11.6 Å². The molecule has 94 valence electrons. The average molecular weight is 270 g/mol. The Balaban J connectivity index is 2.02. The van der Waals surface area contributed by atoms with Crippen molar-refractivity contribution in [2.45, 2.75) is 0 Å². The van der Waals surface area contributed by atoms with Crippen LogP contribution in [-0.2, 0) is 0 Å². The Kier molecular flexibility index (Phi) is 2.97. The third kappa shape index (κ3) is 2.33. The molecule has 4 heteroatoms. The minimum Gasteiger partial charge on any atom is -0.398 e. The van der Waals surface area contributed by atoms with Gasteiger partial charge in [-0.05, 0) is 24.3 Å². The Bertz CT molecular complexity index is 704. The topological polar surface area (TPSA) is 43.8 Å². The quantitative estimate of drug-likeness (QED) is 0.720. The summed E-state index contributed by atoms with van der Waals surface area (Å²) < 4.78 is 1.82. The fourth-order valence-corrected chi connectivity index (χ4v) is 2.16. The van der Waals surface area contributed by atoms with Crippen molar-refractivity contribution in [1.82, 2.24) is 9.78 Å². The number of para-hydroxylation sites is 1. The minimum absolute atomic E-state index is 0.636. The Morgan fingerprint density at radius 1 is 1.05 bits per heavy atom. The summed E-state index contributed by atoms with van der Waals surface area (Å²) in [5, 5.41) is 4.99. The van der Waals surface area contributed by atoms with Crippen molar-refractivity contribution in [3.05, 3.63) is 65.9 Å². The second-order valence-corrected chi connectivity index (χ2v) is 4.68. The zero-order valence-electron chi connectivity index (χ0n) is 10.1. The zero-order valence-corrected chi connectivity index (χ0v) is 10.9. The van der Waals surface area contributed by atoms with Gasteiger partial charge in [0.15, 0.2) is 0 Å². The number of halogens is 1. The highest BCUT2D eigenvalue weighted by Crippen LogP contribution is 2.28. The van der Waals surface area contributed by atoms with E-state index in [0.29, 0.717) is 10.7 Å². The molecule has 0 spiro atoms. The fraction of sp³-hybridized carbons (Fsp3) is 0. The van der Waals surface area contributed by atoms with Crippen LogP contribution in [0.2, 0.25) is 5.02 Å². The highest BCUT2D eigenvalue weighted by molar-refractivity contribution is 6.31. The number of benzene rings is 2. The van der Waals surface area contributed by atoms with Crippen molar-refractivity contribution in [3.8, 4) is 16.8 Å². The molecule has 0 bridgehead atoms. The largest absolute Gasteiger partial charge is 0.398 e. The SMILES string of the molecule is Nc1cc(Cl)ccc1-c1cnn(-c2ccccc2)c1. The first-order chi connectivity index (χ1) is 9.24. The number of anilines is 1. The molecule has 1 aromatic heterocycles. The Morgan fingerprint density at radius 2 is 1.84 bits per heavy atom. The predicted octanol–water partition coefficient (Wildman–Crippen LogP) is 3.77. The fourth-order valence-electron chi connectivity index (χ4n) is 1.98. The molecule has 1 heterocycles. The Labute approximate surface area is 116 Å². The van der Waals surface area contributed by atoms with Gasteiger partial charge in [0.25, 0.3) is 0 Å². The lowest BCUT2D eigenvalue weighted by Crippen LogP contribution is -1.92. The second-order valence-electron chi connectivity index (χ2n) is 4.24. The van der Waals surface area contributed by atoms with Crippen LogP contribution < -0.4 is 5.73 Å². The number of hydrogen-bond acceptors (Lipinski definition) is 2. The summed E-state index contributed by atoms with van der Waals surface area (Å²) in [5.41, 5.74) is 9.55. The van der Waals surface area contributed by atoms with E-state index in [1.165, 1.54) is 0 Å². The Hall–Kier alpha value is -2.26. The van der Waals surface area contributed by atoms with Crippen LogP contribution in [0.1, 0.15) is 0 Å². The molecule has 0 saturated heterocycles. The van der Waals surface area contributed by atoms with Crippen LogP contribution in [0.4, 0.5) is 5.69 Å². The second kappa shape index (κ2) is 4.78. The summed E-state index contributed by atoms with van der Waals surface area (Å²) in [6, 6.07) is 15.4. The van der Waals surface area contributed by atoms with Gasteiger partial charge in [0.05, 0.1) is 11.9 Å². The number of hydrogen-bond donors (Lipinski definition) is 1. The number of nitrogen functional groups attached to an aromatic ring is 1. The lowest BCUT2D eigenvalue weighted by atomic mass is 10.1. The zero-order chi connectivity index (χ0) is 13.2. The Morgan fingerprint density at radius 3 is 2.58 bits per heavy atom. The van der Waals surface area contributed by atoms with Gasteiger partial charge in [-0.1, -0.05) is 35.9 Å². The maximum absolute atomic E-state index is 5.98. The van der Waals surface area contributed by atoms with Crippen molar-refractivity contribution in [2.75, 3.05) is 5.73 Å². The molecule has 2 aromatic carbocycles. The highest BCUT2D eigenvalue weighted by Gasteiger charge is 2.06. The molecule has 0 radical (unpaired) electrons. The molecule has 0 amide bonds. The van der Waals surface area contributed by atoms with Crippen molar-refractivity contribution in [2.24, 2.45) is 0 Å². The highest BCUT2D eigenvalue weighted by atomic mass is 35.5. The van der Waals surface area contributed by atoms with E-state index in [0.717, 1.165) is 16.8 Å². The van der Waals surface area contributed by atoms with Gasteiger partial charge < -0.3 is 5.73 Å². The van der Waals surface area contributed by atoms with Crippen molar-refractivity contribution in [3.63, 3.8) is 0 Å².